The lowest BCUT2D eigenvalue weighted by Gasteiger charge is -2.20. The van der Waals surface area contributed by atoms with E-state index in [0.29, 0.717) is 12.6 Å². The van der Waals surface area contributed by atoms with Gasteiger partial charge in [0.15, 0.2) is 5.96 Å². The van der Waals surface area contributed by atoms with Crippen LogP contribution in [0.2, 0.25) is 0 Å². The minimum Gasteiger partial charge on any atom is -0.369 e. The largest absolute Gasteiger partial charge is 0.369 e. The van der Waals surface area contributed by atoms with Gasteiger partial charge in [0.05, 0.1) is 6.54 Å². The molecule has 1 aliphatic rings. The van der Waals surface area contributed by atoms with Gasteiger partial charge >= 0.3 is 0 Å². The summed E-state index contributed by atoms with van der Waals surface area (Å²) >= 11 is 0. The van der Waals surface area contributed by atoms with Gasteiger partial charge in [-0.15, -0.1) is 0 Å². The van der Waals surface area contributed by atoms with Crippen LogP contribution in [0.5, 0.6) is 0 Å². The number of benzene rings is 2. The van der Waals surface area contributed by atoms with Gasteiger partial charge < -0.3 is 20.4 Å². The minimum atomic E-state index is 0.0826. The topological polar surface area (TPSA) is 60.0 Å². The third-order valence-corrected chi connectivity index (χ3v) is 5.67. The maximum atomic E-state index is 12.5. The number of guanidine groups is 1. The Morgan fingerprint density at radius 2 is 1.77 bits per heavy atom. The van der Waals surface area contributed by atoms with Gasteiger partial charge in [-0.1, -0.05) is 30.3 Å². The lowest BCUT2D eigenvalue weighted by atomic mass is 10.1. The summed E-state index contributed by atoms with van der Waals surface area (Å²) in [5, 5.41) is 6.94. The van der Waals surface area contributed by atoms with Crippen molar-refractivity contribution in [3.05, 3.63) is 65.7 Å². The van der Waals surface area contributed by atoms with Crippen molar-refractivity contribution in [3.8, 4) is 0 Å². The first-order valence-corrected chi connectivity index (χ1v) is 11.4. The van der Waals surface area contributed by atoms with E-state index in [4.69, 9.17) is 4.99 Å². The number of aliphatic imine (C=N–C) groups is 1. The number of hydrogen-bond donors (Lipinski definition) is 2. The molecule has 1 fully saturated rings. The minimum absolute atomic E-state index is 0.0826. The Kier molecular flexibility index (Phi) is 8.33. The molecule has 0 aliphatic carbocycles. The summed E-state index contributed by atoms with van der Waals surface area (Å²) in [5.74, 6) is 0.921. The lowest BCUT2D eigenvalue weighted by molar-refractivity contribution is 0.0773. The van der Waals surface area contributed by atoms with Crippen molar-refractivity contribution in [2.75, 3.05) is 37.6 Å². The number of rotatable bonds is 8. The Balaban J connectivity index is 1.58. The Hall–Kier alpha value is -3.02. The highest BCUT2D eigenvalue weighted by molar-refractivity contribution is 5.94. The molecule has 1 atom stereocenters. The average molecular weight is 422 g/mol. The summed E-state index contributed by atoms with van der Waals surface area (Å²) in [4.78, 5) is 21.5. The first-order valence-electron chi connectivity index (χ1n) is 11.4. The van der Waals surface area contributed by atoms with E-state index in [-0.39, 0.29) is 5.91 Å². The fraction of sp³-hybridized carbons (Fsp3) is 0.440. The van der Waals surface area contributed by atoms with Gasteiger partial charge in [-0.2, -0.15) is 0 Å². The van der Waals surface area contributed by atoms with E-state index >= 15 is 0 Å². The van der Waals surface area contributed by atoms with Gasteiger partial charge in [0.1, 0.15) is 0 Å². The van der Waals surface area contributed by atoms with Crippen LogP contribution >= 0.6 is 0 Å². The third kappa shape index (κ3) is 6.23. The molecule has 3 rings (SSSR count). The fourth-order valence-electron chi connectivity index (χ4n) is 3.88. The zero-order valence-corrected chi connectivity index (χ0v) is 19.0. The SMILES string of the molecule is CCNC(=NCc1ccc(C(=O)N(CC)CC)cc1)NC1CCN(c2ccccc2)C1. The first kappa shape index (κ1) is 22.7. The second kappa shape index (κ2) is 11.4. The molecule has 0 radical (unpaired) electrons. The Morgan fingerprint density at radius 3 is 2.42 bits per heavy atom. The number of para-hydroxylation sites is 1. The van der Waals surface area contributed by atoms with Crippen molar-refractivity contribution in [3.63, 3.8) is 0 Å². The molecule has 2 N–H and O–H groups in total. The van der Waals surface area contributed by atoms with Crippen LogP contribution in [0.15, 0.2) is 59.6 Å². The molecule has 6 nitrogen and oxygen atoms in total. The summed E-state index contributed by atoms with van der Waals surface area (Å²) in [5.41, 5.74) is 3.09. The van der Waals surface area contributed by atoms with E-state index in [1.54, 1.807) is 0 Å². The van der Waals surface area contributed by atoms with Crippen molar-refractivity contribution in [1.82, 2.24) is 15.5 Å². The highest BCUT2D eigenvalue weighted by Crippen LogP contribution is 2.19. The quantitative estimate of drug-likeness (QED) is 0.506. The van der Waals surface area contributed by atoms with Crippen molar-refractivity contribution in [2.45, 2.75) is 39.8 Å². The molecule has 2 aromatic rings. The number of carbonyl (C=O) groups is 1. The van der Waals surface area contributed by atoms with Crippen LogP contribution in [0.3, 0.4) is 0 Å². The molecule has 0 aromatic heterocycles. The normalized spacial score (nSPS) is 16.3. The molecule has 0 bridgehead atoms. The van der Waals surface area contributed by atoms with Crippen LogP contribution in [0.1, 0.15) is 43.1 Å². The van der Waals surface area contributed by atoms with E-state index in [2.05, 4.69) is 52.8 Å². The average Bonchev–Trinajstić information content (AvgIpc) is 3.28. The molecule has 1 amide bonds. The Bertz CT molecular complexity index is 846. The van der Waals surface area contributed by atoms with Gasteiger partial charge in [-0.05, 0) is 57.0 Å². The molecular weight excluding hydrogens is 386 g/mol. The number of nitrogens with zero attached hydrogens (tertiary/aromatic N) is 3. The second-order valence-electron chi connectivity index (χ2n) is 7.78. The van der Waals surface area contributed by atoms with E-state index in [9.17, 15) is 4.79 Å². The van der Waals surface area contributed by atoms with Crippen LogP contribution < -0.4 is 15.5 Å². The first-order chi connectivity index (χ1) is 15.1. The third-order valence-electron chi connectivity index (χ3n) is 5.67. The Morgan fingerprint density at radius 1 is 1.06 bits per heavy atom. The summed E-state index contributed by atoms with van der Waals surface area (Å²) in [7, 11) is 0. The number of amides is 1. The number of carbonyl (C=O) groups excluding carboxylic acids is 1. The predicted octanol–water partition coefficient (Wildman–Crippen LogP) is 3.50. The van der Waals surface area contributed by atoms with Crippen LogP contribution in [-0.4, -0.2) is 55.5 Å². The molecule has 31 heavy (non-hydrogen) atoms. The second-order valence-corrected chi connectivity index (χ2v) is 7.78. The van der Waals surface area contributed by atoms with Gasteiger partial charge in [0.2, 0.25) is 0 Å². The molecule has 0 saturated carbocycles. The molecule has 0 spiro atoms. The Labute approximate surface area is 186 Å². The monoisotopic (exact) mass is 421 g/mol. The van der Waals surface area contributed by atoms with E-state index < -0.39 is 0 Å². The van der Waals surface area contributed by atoms with Crippen LogP contribution in [0, 0.1) is 0 Å². The van der Waals surface area contributed by atoms with Crippen LogP contribution in [-0.2, 0) is 6.54 Å². The zero-order chi connectivity index (χ0) is 22.1. The molecule has 6 heteroatoms. The van der Waals surface area contributed by atoms with Gasteiger partial charge in [0.25, 0.3) is 5.91 Å². The van der Waals surface area contributed by atoms with Crippen molar-refractivity contribution >= 4 is 17.6 Å². The van der Waals surface area contributed by atoms with Crippen molar-refractivity contribution in [1.29, 1.82) is 0 Å². The summed E-state index contributed by atoms with van der Waals surface area (Å²) in [6, 6.07) is 18.7. The number of anilines is 1. The smallest absolute Gasteiger partial charge is 0.253 e. The molecule has 1 saturated heterocycles. The van der Waals surface area contributed by atoms with Gasteiger partial charge in [-0.25, -0.2) is 4.99 Å². The van der Waals surface area contributed by atoms with E-state index in [0.717, 1.165) is 56.2 Å². The zero-order valence-electron chi connectivity index (χ0n) is 19.0. The van der Waals surface area contributed by atoms with Crippen LogP contribution in [0.25, 0.3) is 0 Å². The fourth-order valence-corrected chi connectivity index (χ4v) is 3.88. The van der Waals surface area contributed by atoms with E-state index in [1.807, 2.05) is 43.0 Å². The molecule has 1 unspecified atom stereocenters. The molecule has 1 aliphatic heterocycles. The van der Waals surface area contributed by atoms with Gasteiger partial charge in [-0.3, -0.25) is 4.79 Å². The predicted molar refractivity (Wildman–Crippen MR) is 129 cm³/mol. The van der Waals surface area contributed by atoms with E-state index in [1.165, 1.54) is 5.69 Å². The van der Waals surface area contributed by atoms with Crippen molar-refractivity contribution in [2.24, 2.45) is 4.99 Å². The molecular formula is C25H35N5O. The van der Waals surface area contributed by atoms with Gasteiger partial charge in [0, 0.05) is 50.0 Å². The number of nitrogens with one attached hydrogen (secondary N) is 2. The molecule has 1 heterocycles. The summed E-state index contributed by atoms with van der Waals surface area (Å²) < 4.78 is 0. The standard InChI is InChI=1S/C25H35N5O/c1-4-26-25(28-22-16-17-30(19-22)23-10-8-7-9-11-23)27-18-20-12-14-21(15-13-20)24(31)29(5-2)6-3/h7-15,22H,4-6,16-19H2,1-3H3,(H2,26,27,28). The summed E-state index contributed by atoms with van der Waals surface area (Å²) in [6.07, 6.45) is 1.08. The highest BCUT2D eigenvalue weighted by atomic mass is 16.2. The molecule has 166 valence electrons. The summed E-state index contributed by atoms with van der Waals surface area (Å²) in [6.45, 7) is 10.9. The van der Waals surface area contributed by atoms with Crippen LogP contribution in [0.4, 0.5) is 5.69 Å². The maximum Gasteiger partial charge on any atom is 0.253 e. The lowest BCUT2D eigenvalue weighted by Crippen LogP contribution is -2.44. The maximum absolute atomic E-state index is 12.5. The molecule has 2 aromatic carbocycles. The highest BCUT2D eigenvalue weighted by Gasteiger charge is 2.23. The number of hydrogen-bond acceptors (Lipinski definition) is 3. The van der Waals surface area contributed by atoms with Crippen molar-refractivity contribution < 1.29 is 4.79 Å².